The molecule has 0 spiro atoms. The van der Waals surface area contributed by atoms with Crippen LogP contribution in [0.15, 0.2) is 42.5 Å². The highest BCUT2D eigenvalue weighted by Crippen LogP contribution is 2.31. The highest BCUT2D eigenvalue weighted by molar-refractivity contribution is 6.01. The number of anilines is 1. The van der Waals surface area contributed by atoms with E-state index in [9.17, 15) is 9.59 Å². The summed E-state index contributed by atoms with van der Waals surface area (Å²) in [5.41, 5.74) is 5.05. The summed E-state index contributed by atoms with van der Waals surface area (Å²) in [5, 5.41) is 0. The van der Waals surface area contributed by atoms with Crippen molar-refractivity contribution >= 4 is 17.4 Å². The van der Waals surface area contributed by atoms with Crippen molar-refractivity contribution in [3.63, 3.8) is 0 Å². The first-order valence-electron chi connectivity index (χ1n) is 7.60. The Hall–Kier alpha value is -2.42. The Kier molecular flexibility index (Phi) is 3.80. The van der Waals surface area contributed by atoms with Gasteiger partial charge in [0.15, 0.2) is 5.78 Å². The van der Waals surface area contributed by atoms with Crippen molar-refractivity contribution in [2.24, 2.45) is 0 Å². The zero-order valence-corrected chi connectivity index (χ0v) is 12.9. The van der Waals surface area contributed by atoms with E-state index in [4.69, 9.17) is 0 Å². The summed E-state index contributed by atoms with van der Waals surface area (Å²) >= 11 is 0. The molecule has 3 rings (SSSR count). The van der Waals surface area contributed by atoms with E-state index in [1.165, 1.54) is 5.56 Å². The summed E-state index contributed by atoms with van der Waals surface area (Å²) in [5.74, 6) is 0.277. The maximum Gasteiger partial charge on any atom is 0.231 e. The molecule has 0 saturated carbocycles. The van der Waals surface area contributed by atoms with Gasteiger partial charge in [-0.2, -0.15) is 0 Å². The highest BCUT2D eigenvalue weighted by atomic mass is 16.2. The van der Waals surface area contributed by atoms with Gasteiger partial charge in [-0.15, -0.1) is 0 Å². The van der Waals surface area contributed by atoms with Crippen LogP contribution in [0.4, 0.5) is 5.69 Å². The zero-order valence-electron chi connectivity index (χ0n) is 12.9. The van der Waals surface area contributed by atoms with Gasteiger partial charge in [-0.3, -0.25) is 9.59 Å². The Morgan fingerprint density at radius 1 is 1.14 bits per heavy atom. The number of Topliss-reactive ketones (excluding diaryl/α,β-unsaturated/α-hetero) is 1. The maximum atomic E-state index is 12.2. The molecule has 0 aliphatic carbocycles. The Labute approximate surface area is 130 Å². The minimum Gasteiger partial charge on any atom is -0.307 e. The predicted octanol–water partition coefficient (Wildman–Crippen LogP) is 3.68. The quantitative estimate of drug-likeness (QED) is 0.806. The maximum absolute atomic E-state index is 12.2. The lowest BCUT2D eigenvalue weighted by Crippen LogP contribution is -2.25. The molecule has 0 saturated heterocycles. The Morgan fingerprint density at radius 2 is 1.86 bits per heavy atom. The van der Waals surface area contributed by atoms with Crippen LogP contribution >= 0.6 is 0 Å². The Balaban J connectivity index is 1.82. The first-order chi connectivity index (χ1) is 10.6. The molecule has 0 N–H and O–H groups in total. The highest BCUT2D eigenvalue weighted by Gasteiger charge is 2.27. The lowest BCUT2D eigenvalue weighted by molar-refractivity contribution is -0.117. The van der Waals surface area contributed by atoms with Crippen molar-refractivity contribution in [1.82, 2.24) is 0 Å². The molecule has 0 aromatic heterocycles. The molecule has 0 radical (unpaired) electrons. The molecule has 22 heavy (non-hydrogen) atoms. The average Bonchev–Trinajstić information content (AvgIpc) is 2.82. The fourth-order valence-electron chi connectivity index (χ4n) is 2.87. The number of carbonyl (C=O) groups excluding carboxylic acids is 2. The standard InChI is InChI=1S/C19H19NO2/c1-3-18(21)15-7-5-14(6-8-15)12-20-17-9-4-13(2)10-16(17)11-19(20)22/h4-10H,3,11-12H2,1-2H3. The van der Waals surface area contributed by atoms with Gasteiger partial charge < -0.3 is 4.90 Å². The van der Waals surface area contributed by atoms with Crippen LogP contribution in [0.3, 0.4) is 0 Å². The molecule has 1 heterocycles. The van der Waals surface area contributed by atoms with Crippen molar-refractivity contribution in [1.29, 1.82) is 0 Å². The third kappa shape index (κ3) is 2.67. The first-order valence-corrected chi connectivity index (χ1v) is 7.60. The van der Waals surface area contributed by atoms with Crippen LogP contribution in [-0.2, 0) is 17.8 Å². The second-order valence-corrected chi connectivity index (χ2v) is 5.76. The molecule has 1 aliphatic heterocycles. The van der Waals surface area contributed by atoms with Gasteiger partial charge in [0, 0.05) is 17.7 Å². The Bertz CT molecular complexity index is 732. The molecule has 0 bridgehead atoms. The molecular formula is C19H19NO2. The van der Waals surface area contributed by atoms with Crippen molar-refractivity contribution in [2.75, 3.05) is 4.90 Å². The van der Waals surface area contributed by atoms with E-state index in [-0.39, 0.29) is 11.7 Å². The van der Waals surface area contributed by atoms with Crippen molar-refractivity contribution < 1.29 is 9.59 Å². The van der Waals surface area contributed by atoms with Crippen molar-refractivity contribution in [3.8, 4) is 0 Å². The number of ketones is 1. The van der Waals surface area contributed by atoms with Crippen LogP contribution in [0, 0.1) is 6.92 Å². The van der Waals surface area contributed by atoms with E-state index < -0.39 is 0 Å². The molecule has 0 atom stereocenters. The molecule has 0 unspecified atom stereocenters. The third-order valence-electron chi connectivity index (χ3n) is 4.11. The Morgan fingerprint density at radius 3 is 2.55 bits per heavy atom. The van der Waals surface area contributed by atoms with Crippen molar-refractivity contribution in [2.45, 2.75) is 33.2 Å². The van der Waals surface area contributed by atoms with Crippen LogP contribution in [0.5, 0.6) is 0 Å². The number of aryl methyl sites for hydroxylation is 1. The predicted molar refractivity (Wildman–Crippen MR) is 87.1 cm³/mol. The number of rotatable bonds is 4. The van der Waals surface area contributed by atoms with Crippen LogP contribution in [0.2, 0.25) is 0 Å². The topological polar surface area (TPSA) is 37.4 Å². The summed E-state index contributed by atoms with van der Waals surface area (Å²) in [6.45, 7) is 4.45. The molecule has 2 aromatic rings. The lowest BCUT2D eigenvalue weighted by atomic mass is 10.1. The fraction of sp³-hybridized carbons (Fsp3) is 0.263. The molecule has 2 aromatic carbocycles. The average molecular weight is 293 g/mol. The fourth-order valence-corrected chi connectivity index (χ4v) is 2.87. The minimum atomic E-state index is 0.134. The second kappa shape index (κ2) is 5.76. The molecule has 1 aliphatic rings. The summed E-state index contributed by atoms with van der Waals surface area (Å²) < 4.78 is 0. The van der Waals surface area contributed by atoms with E-state index in [1.807, 2.05) is 55.1 Å². The summed E-state index contributed by atoms with van der Waals surface area (Å²) in [6.07, 6.45) is 0.986. The van der Waals surface area contributed by atoms with Gasteiger partial charge in [-0.25, -0.2) is 0 Å². The second-order valence-electron chi connectivity index (χ2n) is 5.76. The molecule has 112 valence electrons. The van der Waals surface area contributed by atoms with E-state index >= 15 is 0 Å². The normalized spacial score (nSPS) is 13.4. The summed E-state index contributed by atoms with van der Waals surface area (Å²) in [4.78, 5) is 25.7. The van der Waals surface area contributed by atoms with Gasteiger partial charge in [0.1, 0.15) is 0 Å². The van der Waals surface area contributed by atoms with E-state index in [2.05, 4.69) is 6.07 Å². The number of carbonyl (C=O) groups is 2. The van der Waals surface area contributed by atoms with Gasteiger partial charge in [0.05, 0.1) is 13.0 Å². The van der Waals surface area contributed by atoms with E-state index in [1.54, 1.807) is 0 Å². The third-order valence-corrected chi connectivity index (χ3v) is 4.11. The van der Waals surface area contributed by atoms with Crippen molar-refractivity contribution in [3.05, 3.63) is 64.7 Å². The molecular weight excluding hydrogens is 274 g/mol. The monoisotopic (exact) mass is 293 g/mol. The number of hydrogen-bond donors (Lipinski definition) is 0. The van der Waals surface area contributed by atoms with Gasteiger partial charge in [0.2, 0.25) is 5.91 Å². The number of fused-ring (bicyclic) bond motifs is 1. The number of benzene rings is 2. The van der Waals surface area contributed by atoms with Gasteiger partial charge in [-0.05, 0) is 24.1 Å². The van der Waals surface area contributed by atoms with Crippen LogP contribution in [0.25, 0.3) is 0 Å². The first kappa shape index (κ1) is 14.5. The minimum absolute atomic E-state index is 0.134. The molecule has 0 fully saturated rings. The van der Waals surface area contributed by atoms with Crippen LogP contribution < -0.4 is 4.90 Å². The molecule has 1 amide bonds. The summed E-state index contributed by atoms with van der Waals surface area (Å²) in [6, 6.07) is 13.7. The lowest BCUT2D eigenvalue weighted by Gasteiger charge is -2.18. The zero-order chi connectivity index (χ0) is 15.7. The van der Waals surface area contributed by atoms with Gasteiger partial charge in [0.25, 0.3) is 0 Å². The number of nitrogens with zero attached hydrogens (tertiary/aromatic N) is 1. The largest absolute Gasteiger partial charge is 0.307 e. The molecule has 3 nitrogen and oxygen atoms in total. The summed E-state index contributed by atoms with van der Waals surface area (Å²) in [7, 11) is 0. The van der Waals surface area contributed by atoms with E-state index in [0.29, 0.717) is 19.4 Å². The molecule has 3 heteroatoms. The SMILES string of the molecule is CCC(=O)c1ccc(CN2C(=O)Cc3cc(C)ccc32)cc1. The number of amides is 1. The van der Waals surface area contributed by atoms with Crippen LogP contribution in [0.1, 0.15) is 40.4 Å². The van der Waals surface area contributed by atoms with E-state index in [0.717, 1.165) is 22.4 Å². The van der Waals surface area contributed by atoms with Gasteiger partial charge >= 0.3 is 0 Å². The number of hydrogen-bond acceptors (Lipinski definition) is 2. The van der Waals surface area contributed by atoms with Crippen LogP contribution in [-0.4, -0.2) is 11.7 Å². The smallest absolute Gasteiger partial charge is 0.231 e. The van der Waals surface area contributed by atoms with Gasteiger partial charge in [-0.1, -0.05) is 48.9 Å².